The minimum absolute atomic E-state index is 0.149. The fraction of sp³-hybridized carbons (Fsp3) is 0.600. The standard InChI is InChI=1S/C5H10N2O3/c1-7(3-5(9)10)4(8)2-6/h2-3,6H2,1H3,(H,9,10)/i1-1. The summed E-state index contributed by atoms with van der Waals surface area (Å²) in [4.78, 5) is 21.6. The Kier molecular flexibility index (Phi) is 3.42. The highest BCUT2D eigenvalue weighted by molar-refractivity contribution is 5.82. The van der Waals surface area contributed by atoms with Gasteiger partial charge in [0.1, 0.15) is 6.54 Å². The summed E-state index contributed by atoms with van der Waals surface area (Å²) in [6.45, 7) is -0.445. The van der Waals surface area contributed by atoms with Gasteiger partial charge < -0.3 is 15.7 Å². The minimum atomic E-state index is -1.04. The van der Waals surface area contributed by atoms with E-state index in [4.69, 9.17) is 10.8 Å². The third-order valence-corrected chi connectivity index (χ3v) is 0.973. The van der Waals surface area contributed by atoms with Crippen LogP contribution in [-0.2, 0) is 9.59 Å². The van der Waals surface area contributed by atoms with Crippen LogP contribution in [0.15, 0.2) is 0 Å². The molecule has 0 saturated heterocycles. The number of aliphatic carboxylic acids is 1. The highest BCUT2D eigenvalue weighted by atomic mass is 16.4. The van der Waals surface area contributed by atoms with Gasteiger partial charge in [-0.1, -0.05) is 0 Å². The van der Waals surface area contributed by atoms with E-state index in [9.17, 15) is 9.59 Å². The van der Waals surface area contributed by atoms with Crippen LogP contribution in [-0.4, -0.2) is 42.0 Å². The lowest BCUT2D eigenvalue weighted by atomic mass is 10.3. The van der Waals surface area contributed by atoms with E-state index in [0.717, 1.165) is 4.90 Å². The SMILES string of the molecule is [11CH3]N(CC(=O)O)C(=O)CN. The normalized spacial score (nSPS) is 9.00. The molecule has 0 radical (unpaired) electrons. The number of hydrogen-bond acceptors (Lipinski definition) is 3. The number of carbonyl (C=O) groups is 2. The molecule has 58 valence electrons. The molecule has 0 aromatic rings. The summed E-state index contributed by atoms with van der Waals surface area (Å²) in [5, 5.41) is 8.19. The summed E-state index contributed by atoms with van der Waals surface area (Å²) in [6.07, 6.45) is 0. The van der Waals surface area contributed by atoms with Gasteiger partial charge in [0.2, 0.25) is 5.91 Å². The maximum absolute atomic E-state index is 10.6. The van der Waals surface area contributed by atoms with Crippen molar-refractivity contribution in [3.8, 4) is 0 Å². The lowest BCUT2D eigenvalue weighted by Crippen LogP contribution is -2.36. The van der Waals surface area contributed by atoms with E-state index < -0.39 is 5.97 Å². The van der Waals surface area contributed by atoms with E-state index >= 15 is 0 Å². The van der Waals surface area contributed by atoms with Crippen molar-refractivity contribution < 1.29 is 14.7 Å². The lowest BCUT2D eigenvalue weighted by Gasteiger charge is -2.11. The summed E-state index contributed by atoms with van der Waals surface area (Å²) in [6, 6.07) is 0. The average Bonchev–Trinajstić information content (AvgIpc) is 1.85. The van der Waals surface area contributed by atoms with Gasteiger partial charge in [0.05, 0.1) is 6.54 Å². The Balaban J connectivity index is 3.72. The number of hydrogen-bond donors (Lipinski definition) is 2. The molecule has 3 N–H and O–H groups in total. The van der Waals surface area contributed by atoms with E-state index in [0.29, 0.717) is 0 Å². The van der Waals surface area contributed by atoms with E-state index in [1.807, 2.05) is 0 Å². The Morgan fingerprint density at radius 1 is 1.60 bits per heavy atom. The first-order valence-corrected chi connectivity index (χ1v) is 2.73. The minimum Gasteiger partial charge on any atom is -0.480 e. The third-order valence-electron chi connectivity index (χ3n) is 0.973. The van der Waals surface area contributed by atoms with Crippen LogP contribution >= 0.6 is 0 Å². The molecule has 0 saturated carbocycles. The fourth-order valence-electron chi connectivity index (χ4n) is 0.447. The second-order valence-electron chi connectivity index (χ2n) is 1.85. The van der Waals surface area contributed by atoms with Gasteiger partial charge in [-0.05, 0) is 0 Å². The second-order valence-corrected chi connectivity index (χ2v) is 1.85. The highest BCUT2D eigenvalue weighted by Crippen LogP contribution is 1.80. The van der Waals surface area contributed by atoms with Crippen molar-refractivity contribution in [3.05, 3.63) is 0 Å². The largest absolute Gasteiger partial charge is 0.480 e. The van der Waals surface area contributed by atoms with Crippen molar-refractivity contribution in [1.82, 2.24) is 4.90 Å². The molecule has 0 spiro atoms. The molecule has 5 nitrogen and oxygen atoms in total. The molecular weight excluding hydrogens is 135 g/mol. The summed E-state index contributed by atoms with van der Waals surface area (Å²) in [5.74, 6) is -1.41. The van der Waals surface area contributed by atoms with E-state index in [1.165, 1.54) is 7.05 Å². The van der Waals surface area contributed by atoms with Crippen molar-refractivity contribution in [2.45, 2.75) is 0 Å². The van der Waals surface area contributed by atoms with Crippen molar-refractivity contribution in [2.75, 3.05) is 20.1 Å². The molecule has 0 aliphatic carbocycles. The molecule has 5 heteroatoms. The first kappa shape index (κ1) is 8.90. The van der Waals surface area contributed by atoms with E-state index in [-0.39, 0.29) is 19.0 Å². The Hall–Kier alpha value is -1.10. The molecular formula is C5H10N2O3. The van der Waals surface area contributed by atoms with Gasteiger partial charge in [-0.25, -0.2) is 0 Å². The number of nitrogens with two attached hydrogens (primary N) is 1. The molecule has 0 heterocycles. The Bertz CT molecular complexity index is 146. The molecule has 0 aromatic carbocycles. The molecule has 10 heavy (non-hydrogen) atoms. The zero-order chi connectivity index (χ0) is 8.15. The van der Waals surface area contributed by atoms with Gasteiger partial charge in [0, 0.05) is 7.05 Å². The number of rotatable bonds is 3. The molecule has 0 bridgehead atoms. The highest BCUT2D eigenvalue weighted by Gasteiger charge is 2.08. The summed E-state index contributed by atoms with van der Waals surface area (Å²) in [5.41, 5.74) is 4.96. The Morgan fingerprint density at radius 3 is 2.40 bits per heavy atom. The summed E-state index contributed by atoms with van der Waals surface area (Å²) in [7, 11) is 1.39. The predicted octanol–water partition coefficient (Wildman–Crippen LogP) is -1.51. The quantitative estimate of drug-likeness (QED) is 0.505. The van der Waals surface area contributed by atoms with Gasteiger partial charge >= 0.3 is 5.97 Å². The lowest BCUT2D eigenvalue weighted by molar-refractivity contribution is -0.142. The molecule has 0 unspecified atom stereocenters. The third kappa shape index (κ3) is 3.03. The van der Waals surface area contributed by atoms with E-state index in [1.54, 1.807) is 0 Å². The van der Waals surface area contributed by atoms with Gasteiger partial charge in [0.25, 0.3) is 0 Å². The molecule has 0 rings (SSSR count). The van der Waals surface area contributed by atoms with Crippen molar-refractivity contribution in [1.29, 1.82) is 0 Å². The number of carboxylic acid groups (broad SMARTS) is 1. The van der Waals surface area contributed by atoms with Crippen molar-refractivity contribution >= 4 is 11.9 Å². The topological polar surface area (TPSA) is 83.6 Å². The maximum atomic E-state index is 10.6. The molecule has 1 amide bonds. The molecule has 0 aliphatic rings. The number of carbonyl (C=O) groups excluding carboxylic acids is 1. The fourth-order valence-corrected chi connectivity index (χ4v) is 0.447. The molecule has 0 aliphatic heterocycles. The number of carboxylic acids is 1. The van der Waals surface area contributed by atoms with Crippen LogP contribution < -0.4 is 5.73 Å². The van der Waals surface area contributed by atoms with Crippen molar-refractivity contribution in [2.24, 2.45) is 5.73 Å². The molecule has 0 atom stereocenters. The first-order valence-electron chi connectivity index (χ1n) is 2.73. The first-order chi connectivity index (χ1) is 4.57. The van der Waals surface area contributed by atoms with Crippen LogP contribution in [0.3, 0.4) is 0 Å². The molecule has 0 fully saturated rings. The number of nitrogens with zero attached hydrogens (tertiary/aromatic N) is 1. The Morgan fingerprint density at radius 2 is 2.10 bits per heavy atom. The zero-order valence-electron chi connectivity index (χ0n) is 5.70. The van der Waals surface area contributed by atoms with Gasteiger partial charge in [-0.15, -0.1) is 0 Å². The van der Waals surface area contributed by atoms with Gasteiger partial charge in [-0.2, -0.15) is 0 Å². The number of amides is 1. The molecule has 0 aromatic heterocycles. The maximum Gasteiger partial charge on any atom is 0.323 e. The summed E-state index contributed by atoms with van der Waals surface area (Å²) < 4.78 is 0. The zero-order valence-corrected chi connectivity index (χ0v) is 5.70. The predicted molar refractivity (Wildman–Crippen MR) is 34.3 cm³/mol. The van der Waals surface area contributed by atoms with Gasteiger partial charge in [-0.3, -0.25) is 9.59 Å². The second kappa shape index (κ2) is 3.84. The Labute approximate surface area is 58.4 Å². The van der Waals surface area contributed by atoms with Gasteiger partial charge in [0.15, 0.2) is 0 Å². The van der Waals surface area contributed by atoms with Crippen LogP contribution in [0.5, 0.6) is 0 Å². The smallest absolute Gasteiger partial charge is 0.323 e. The average molecular weight is 145 g/mol. The van der Waals surface area contributed by atoms with Crippen LogP contribution in [0.4, 0.5) is 0 Å². The van der Waals surface area contributed by atoms with Crippen molar-refractivity contribution in [3.63, 3.8) is 0 Å². The summed E-state index contributed by atoms with van der Waals surface area (Å²) >= 11 is 0. The van der Waals surface area contributed by atoms with E-state index in [2.05, 4.69) is 0 Å². The van der Waals surface area contributed by atoms with Crippen LogP contribution in [0.2, 0.25) is 0 Å². The van der Waals surface area contributed by atoms with Crippen LogP contribution in [0.25, 0.3) is 0 Å². The van der Waals surface area contributed by atoms with Crippen LogP contribution in [0, 0.1) is 0 Å². The monoisotopic (exact) mass is 145 g/mol. The number of likely N-dealkylation sites (N-methyl/N-ethyl adjacent to an activating group) is 1. The van der Waals surface area contributed by atoms with Crippen LogP contribution in [0.1, 0.15) is 0 Å².